The number of hydrogen-bond donors (Lipinski definition) is 1. The summed E-state index contributed by atoms with van der Waals surface area (Å²) in [5, 5.41) is 3.17. The molecule has 1 N–H and O–H groups in total. The zero-order valence-electron chi connectivity index (χ0n) is 12.1. The monoisotopic (exact) mass is 265 g/mol. The number of halogens is 1. The Kier molecular flexibility index (Phi) is 4.42. The van der Waals surface area contributed by atoms with Crippen molar-refractivity contribution < 1.29 is 4.39 Å². The summed E-state index contributed by atoms with van der Waals surface area (Å²) < 4.78 is 13.4. The number of para-hydroxylation sites is 1. The van der Waals surface area contributed by atoms with E-state index >= 15 is 0 Å². The van der Waals surface area contributed by atoms with Crippen LogP contribution in [0.2, 0.25) is 0 Å². The van der Waals surface area contributed by atoms with Gasteiger partial charge in [0.1, 0.15) is 5.82 Å². The maximum Gasteiger partial charge on any atom is 0.146 e. The van der Waals surface area contributed by atoms with Crippen LogP contribution in [0, 0.1) is 5.82 Å². The first-order chi connectivity index (χ1) is 8.99. The van der Waals surface area contributed by atoms with Gasteiger partial charge in [0.15, 0.2) is 0 Å². The maximum atomic E-state index is 13.4. The summed E-state index contributed by atoms with van der Waals surface area (Å²) in [6.07, 6.45) is 0. The Morgan fingerprint density at radius 3 is 2.68 bits per heavy atom. The molecular weight excluding hydrogens is 241 g/mol. The van der Waals surface area contributed by atoms with Crippen molar-refractivity contribution >= 4 is 5.69 Å². The predicted molar refractivity (Wildman–Crippen MR) is 78.0 cm³/mol. The van der Waals surface area contributed by atoms with E-state index in [1.165, 1.54) is 6.07 Å². The summed E-state index contributed by atoms with van der Waals surface area (Å²) in [5.41, 5.74) is 0.812. The Morgan fingerprint density at radius 1 is 1.26 bits per heavy atom. The third-order valence-electron chi connectivity index (χ3n) is 4.01. The van der Waals surface area contributed by atoms with E-state index in [-0.39, 0.29) is 11.4 Å². The Morgan fingerprint density at radius 2 is 2.00 bits per heavy atom. The van der Waals surface area contributed by atoms with Gasteiger partial charge in [-0.2, -0.15) is 0 Å². The molecule has 1 fully saturated rings. The lowest BCUT2D eigenvalue weighted by Gasteiger charge is -2.45. The Balaban J connectivity index is 1.79. The van der Waals surface area contributed by atoms with Gasteiger partial charge in [0.2, 0.25) is 0 Å². The van der Waals surface area contributed by atoms with Gasteiger partial charge in [-0.25, -0.2) is 4.39 Å². The highest BCUT2D eigenvalue weighted by molar-refractivity contribution is 5.44. The molecule has 0 radical (unpaired) electrons. The largest absolute Gasteiger partial charge is 0.381 e. The Bertz CT molecular complexity index is 420. The lowest BCUT2D eigenvalue weighted by molar-refractivity contribution is 0.0423. The van der Waals surface area contributed by atoms with Crippen molar-refractivity contribution in [3.63, 3.8) is 0 Å². The van der Waals surface area contributed by atoms with Crippen molar-refractivity contribution in [1.82, 2.24) is 9.80 Å². The van der Waals surface area contributed by atoms with Crippen molar-refractivity contribution in [2.24, 2.45) is 0 Å². The van der Waals surface area contributed by atoms with E-state index < -0.39 is 0 Å². The van der Waals surface area contributed by atoms with E-state index in [4.69, 9.17) is 0 Å². The van der Waals surface area contributed by atoms with Crippen LogP contribution in [0.25, 0.3) is 0 Å². The molecule has 0 aromatic heterocycles. The fourth-order valence-electron chi connectivity index (χ4n) is 2.49. The number of anilines is 1. The van der Waals surface area contributed by atoms with E-state index in [0.717, 1.165) is 32.7 Å². The minimum Gasteiger partial charge on any atom is -0.381 e. The number of benzene rings is 1. The Hall–Kier alpha value is -1.13. The summed E-state index contributed by atoms with van der Waals surface area (Å²) in [4.78, 5) is 4.83. The molecule has 1 saturated heterocycles. The van der Waals surface area contributed by atoms with Crippen molar-refractivity contribution in [1.29, 1.82) is 0 Å². The van der Waals surface area contributed by atoms with Gasteiger partial charge in [0.05, 0.1) is 5.69 Å². The molecular formula is C15H24FN3. The second kappa shape index (κ2) is 5.88. The molecule has 3 nitrogen and oxygen atoms in total. The number of rotatable bonds is 4. The summed E-state index contributed by atoms with van der Waals surface area (Å²) in [6, 6.07) is 6.83. The minimum absolute atomic E-state index is 0.179. The third-order valence-corrected chi connectivity index (χ3v) is 4.01. The zero-order valence-corrected chi connectivity index (χ0v) is 12.1. The summed E-state index contributed by atoms with van der Waals surface area (Å²) in [6.45, 7) is 9.49. The summed E-state index contributed by atoms with van der Waals surface area (Å²) in [7, 11) is 2.18. The first kappa shape index (κ1) is 14.3. The highest BCUT2D eigenvalue weighted by Gasteiger charge is 2.30. The molecule has 1 heterocycles. The van der Waals surface area contributed by atoms with E-state index in [1.54, 1.807) is 12.1 Å². The van der Waals surface area contributed by atoms with E-state index in [0.29, 0.717) is 5.69 Å². The first-order valence-electron chi connectivity index (χ1n) is 6.91. The zero-order chi connectivity index (χ0) is 13.9. The number of piperazine rings is 1. The Labute approximate surface area is 115 Å². The van der Waals surface area contributed by atoms with Crippen LogP contribution >= 0.6 is 0 Å². The topological polar surface area (TPSA) is 18.5 Å². The van der Waals surface area contributed by atoms with E-state index in [9.17, 15) is 4.39 Å². The molecule has 2 rings (SSSR count). The SMILES string of the molecule is CN1CCN(CCNc2ccccc2F)CC1(C)C. The molecule has 0 spiro atoms. The van der Waals surface area contributed by atoms with Gasteiger partial charge < -0.3 is 5.32 Å². The maximum absolute atomic E-state index is 13.4. The highest BCUT2D eigenvalue weighted by Crippen LogP contribution is 2.18. The van der Waals surface area contributed by atoms with Gasteiger partial charge in [-0.15, -0.1) is 0 Å². The lowest BCUT2D eigenvalue weighted by Crippen LogP contribution is -2.58. The van der Waals surface area contributed by atoms with Crippen molar-refractivity contribution in [3.05, 3.63) is 30.1 Å². The molecule has 4 heteroatoms. The molecule has 106 valence electrons. The number of likely N-dealkylation sites (N-methyl/N-ethyl adjacent to an activating group) is 1. The number of hydrogen-bond acceptors (Lipinski definition) is 3. The minimum atomic E-state index is -0.179. The summed E-state index contributed by atoms with van der Waals surface area (Å²) >= 11 is 0. The molecule has 19 heavy (non-hydrogen) atoms. The van der Waals surface area contributed by atoms with Crippen LogP contribution in [0.15, 0.2) is 24.3 Å². The van der Waals surface area contributed by atoms with Crippen molar-refractivity contribution in [3.8, 4) is 0 Å². The smallest absolute Gasteiger partial charge is 0.146 e. The van der Waals surface area contributed by atoms with Gasteiger partial charge in [-0.05, 0) is 33.0 Å². The molecule has 0 bridgehead atoms. The number of nitrogens with one attached hydrogen (secondary N) is 1. The lowest BCUT2D eigenvalue weighted by atomic mass is 10.00. The van der Waals surface area contributed by atoms with Crippen molar-refractivity contribution in [2.45, 2.75) is 19.4 Å². The molecule has 1 aliphatic heterocycles. The fraction of sp³-hybridized carbons (Fsp3) is 0.600. The molecule has 0 unspecified atom stereocenters. The van der Waals surface area contributed by atoms with Gasteiger partial charge in [-0.1, -0.05) is 12.1 Å². The van der Waals surface area contributed by atoms with Crippen LogP contribution in [-0.4, -0.2) is 55.1 Å². The summed E-state index contributed by atoms with van der Waals surface area (Å²) in [5.74, 6) is -0.179. The molecule has 1 aliphatic rings. The van der Waals surface area contributed by atoms with Gasteiger partial charge in [0, 0.05) is 38.3 Å². The molecule has 0 aliphatic carbocycles. The molecule has 1 aromatic carbocycles. The number of nitrogens with zero attached hydrogens (tertiary/aromatic N) is 2. The fourth-order valence-corrected chi connectivity index (χ4v) is 2.49. The second-order valence-electron chi connectivity index (χ2n) is 5.92. The van der Waals surface area contributed by atoms with Gasteiger partial charge in [0.25, 0.3) is 0 Å². The van der Waals surface area contributed by atoms with Crippen LogP contribution < -0.4 is 5.32 Å². The van der Waals surface area contributed by atoms with Crippen LogP contribution in [0.5, 0.6) is 0 Å². The standard InChI is InChI=1S/C15H24FN3/c1-15(2)12-19(11-10-18(15)3)9-8-17-14-7-5-4-6-13(14)16/h4-7,17H,8-12H2,1-3H3. The van der Waals surface area contributed by atoms with Crippen LogP contribution in [0.4, 0.5) is 10.1 Å². The average Bonchev–Trinajstić information content (AvgIpc) is 2.36. The van der Waals surface area contributed by atoms with Crippen LogP contribution in [0.1, 0.15) is 13.8 Å². The van der Waals surface area contributed by atoms with Gasteiger partial charge in [-0.3, -0.25) is 9.80 Å². The average molecular weight is 265 g/mol. The highest BCUT2D eigenvalue weighted by atomic mass is 19.1. The van der Waals surface area contributed by atoms with Gasteiger partial charge >= 0.3 is 0 Å². The van der Waals surface area contributed by atoms with Crippen molar-refractivity contribution in [2.75, 3.05) is 45.1 Å². The quantitative estimate of drug-likeness (QED) is 0.901. The molecule has 0 amide bonds. The normalized spacial score (nSPS) is 20.4. The third kappa shape index (κ3) is 3.67. The van der Waals surface area contributed by atoms with E-state index in [1.807, 2.05) is 6.07 Å². The van der Waals surface area contributed by atoms with Crippen LogP contribution in [-0.2, 0) is 0 Å². The predicted octanol–water partition coefficient (Wildman–Crippen LogP) is 2.26. The first-order valence-corrected chi connectivity index (χ1v) is 6.91. The molecule has 1 aromatic rings. The second-order valence-corrected chi connectivity index (χ2v) is 5.92. The molecule has 0 saturated carbocycles. The molecule has 0 atom stereocenters. The van der Waals surface area contributed by atoms with E-state index in [2.05, 4.69) is 36.0 Å². The van der Waals surface area contributed by atoms with Crippen LogP contribution in [0.3, 0.4) is 0 Å².